The molecule has 7 heteroatoms. The van der Waals surface area contributed by atoms with Crippen LogP contribution in [0.2, 0.25) is 4.34 Å². The Morgan fingerprint density at radius 2 is 2.29 bits per heavy atom. The van der Waals surface area contributed by atoms with E-state index in [1.54, 1.807) is 16.0 Å². The van der Waals surface area contributed by atoms with Gasteiger partial charge >= 0.3 is 0 Å². The monoisotopic (exact) mass is 326 g/mol. The van der Waals surface area contributed by atoms with Crippen molar-refractivity contribution in [3.63, 3.8) is 0 Å². The Labute approximate surface area is 133 Å². The Hall–Kier alpha value is -1.37. The maximum Gasteiger partial charge on any atom is 0.239 e. The first kappa shape index (κ1) is 16.0. The highest BCUT2D eigenvalue weighted by molar-refractivity contribution is 7.16. The van der Waals surface area contributed by atoms with Crippen molar-refractivity contribution in [3.05, 3.63) is 33.1 Å². The highest BCUT2D eigenvalue weighted by Gasteiger charge is 2.12. The van der Waals surface area contributed by atoms with E-state index < -0.39 is 0 Å². The van der Waals surface area contributed by atoms with Crippen molar-refractivity contribution in [1.82, 2.24) is 14.7 Å². The second-order valence-electron chi connectivity index (χ2n) is 4.85. The Kier molecular flexibility index (Phi) is 5.39. The van der Waals surface area contributed by atoms with Gasteiger partial charge in [-0.3, -0.25) is 14.4 Å². The first-order valence-electron chi connectivity index (χ1n) is 6.75. The number of amides is 1. The third kappa shape index (κ3) is 4.56. The lowest BCUT2D eigenvalue weighted by Crippen LogP contribution is -2.32. The molecule has 0 aliphatic carbocycles. The van der Waals surface area contributed by atoms with E-state index in [0.29, 0.717) is 12.4 Å². The molecule has 5 nitrogen and oxygen atoms in total. The molecule has 114 valence electrons. The fraction of sp³-hybridized carbons (Fsp3) is 0.429. The highest BCUT2D eigenvalue weighted by Crippen LogP contribution is 2.22. The summed E-state index contributed by atoms with van der Waals surface area (Å²) in [6, 6.07) is 5.74. The van der Waals surface area contributed by atoms with Crippen molar-refractivity contribution in [2.75, 3.05) is 18.4 Å². The smallest absolute Gasteiger partial charge is 0.239 e. The predicted molar refractivity (Wildman–Crippen MR) is 86.9 cm³/mol. The van der Waals surface area contributed by atoms with Crippen molar-refractivity contribution in [3.8, 4) is 0 Å². The number of aromatic nitrogens is 2. The maximum atomic E-state index is 12.1. The van der Waals surface area contributed by atoms with E-state index in [0.717, 1.165) is 28.0 Å². The molecule has 0 radical (unpaired) electrons. The van der Waals surface area contributed by atoms with Crippen LogP contribution >= 0.6 is 22.9 Å². The van der Waals surface area contributed by atoms with Gasteiger partial charge in [-0.15, -0.1) is 11.3 Å². The van der Waals surface area contributed by atoms with Crippen LogP contribution < -0.4 is 5.32 Å². The highest BCUT2D eigenvalue weighted by atomic mass is 35.5. The molecule has 1 amide bonds. The Balaban J connectivity index is 1.92. The topological polar surface area (TPSA) is 50.2 Å². The minimum atomic E-state index is -0.0393. The Morgan fingerprint density at radius 3 is 2.81 bits per heavy atom. The van der Waals surface area contributed by atoms with Crippen molar-refractivity contribution in [2.45, 2.75) is 20.4 Å². The lowest BCUT2D eigenvalue weighted by atomic mass is 10.4. The number of hydrogen-bond donors (Lipinski definition) is 1. The third-order valence-electron chi connectivity index (χ3n) is 3.09. The molecule has 0 aliphatic heterocycles. The Bertz CT molecular complexity index is 622. The largest absolute Gasteiger partial charge is 0.310 e. The van der Waals surface area contributed by atoms with Gasteiger partial charge in [-0.25, -0.2) is 0 Å². The SMILES string of the molecule is CCN(CC(=O)Nc1cc(C)nn1C)Cc1ccc(Cl)s1. The summed E-state index contributed by atoms with van der Waals surface area (Å²) in [5, 5.41) is 7.09. The molecule has 0 saturated carbocycles. The summed E-state index contributed by atoms with van der Waals surface area (Å²) in [5.74, 6) is 0.676. The van der Waals surface area contributed by atoms with Gasteiger partial charge < -0.3 is 5.32 Å². The number of halogens is 1. The molecule has 0 fully saturated rings. The van der Waals surface area contributed by atoms with Crippen LogP contribution in [0.5, 0.6) is 0 Å². The number of hydrogen-bond acceptors (Lipinski definition) is 4. The number of carbonyl (C=O) groups excluding carboxylic acids is 1. The maximum absolute atomic E-state index is 12.1. The number of carbonyl (C=O) groups is 1. The summed E-state index contributed by atoms with van der Waals surface area (Å²) >= 11 is 7.48. The average Bonchev–Trinajstić information content (AvgIpc) is 2.95. The number of likely N-dealkylation sites (N-methyl/N-ethyl adjacent to an activating group) is 1. The number of nitrogens with one attached hydrogen (secondary N) is 1. The number of rotatable bonds is 6. The van der Waals surface area contributed by atoms with E-state index in [9.17, 15) is 4.79 Å². The molecule has 0 aromatic carbocycles. The lowest BCUT2D eigenvalue weighted by molar-refractivity contribution is -0.117. The fourth-order valence-electron chi connectivity index (χ4n) is 2.05. The standard InChI is InChI=1S/C14H19ClN4OS/c1-4-19(8-11-5-6-12(15)21-11)9-14(20)16-13-7-10(2)17-18(13)3/h5-7H,4,8-9H2,1-3H3,(H,16,20). The summed E-state index contributed by atoms with van der Waals surface area (Å²) in [4.78, 5) is 15.4. The summed E-state index contributed by atoms with van der Waals surface area (Å²) in [6.45, 7) is 5.81. The molecular formula is C14H19ClN4OS. The molecule has 0 atom stereocenters. The van der Waals surface area contributed by atoms with Crippen molar-refractivity contribution >= 4 is 34.7 Å². The van der Waals surface area contributed by atoms with E-state index in [1.807, 2.05) is 39.1 Å². The van der Waals surface area contributed by atoms with Crippen molar-refractivity contribution in [2.24, 2.45) is 7.05 Å². The van der Waals surface area contributed by atoms with Crippen LogP contribution in [0.3, 0.4) is 0 Å². The van der Waals surface area contributed by atoms with Crippen LogP contribution in [0.1, 0.15) is 17.5 Å². The molecule has 0 bridgehead atoms. The predicted octanol–water partition coefficient (Wildman–Crippen LogP) is 2.90. The van der Waals surface area contributed by atoms with Gasteiger partial charge in [0.1, 0.15) is 5.82 Å². The van der Waals surface area contributed by atoms with E-state index >= 15 is 0 Å². The zero-order valence-corrected chi connectivity index (χ0v) is 14.0. The zero-order chi connectivity index (χ0) is 15.4. The van der Waals surface area contributed by atoms with Gasteiger partial charge in [-0.05, 0) is 25.6 Å². The molecular weight excluding hydrogens is 308 g/mol. The van der Waals surface area contributed by atoms with Gasteiger partial charge in [0, 0.05) is 24.5 Å². The van der Waals surface area contributed by atoms with Crippen molar-refractivity contribution < 1.29 is 4.79 Å². The van der Waals surface area contributed by atoms with Crippen LogP contribution in [0.15, 0.2) is 18.2 Å². The molecule has 0 spiro atoms. The average molecular weight is 327 g/mol. The van der Waals surface area contributed by atoms with E-state index in [4.69, 9.17) is 11.6 Å². The van der Waals surface area contributed by atoms with E-state index in [2.05, 4.69) is 15.3 Å². The minimum Gasteiger partial charge on any atom is -0.310 e. The van der Waals surface area contributed by atoms with Gasteiger partial charge in [-0.1, -0.05) is 18.5 Å². The number of aryl methyl sites for hydroxylation is 2. The molecule has 0 unspecified atom stereocenters. The second-order valence-corrected chi connectivity index (χ2v) is 6.65. The van der Waals surface area contributed by atoms with Crippen LogP contribution in [-0.2, 0) is 18.4 Å². The van der Waals surface area contributed by atoms with Crippen LogP contribution in [-0.4, -0.2) is 33.7 Å². The molecule has 2 rings (SSSR count). The summed E-state index contributed by atoms with van der Waals surface area (Å²) in [7, 11) is 1.81. The van der Waals surface area contributed by atoms with Crippen molar-refractivity contribution in [1.29, 1.82) is 0 Å². The first-order valence-corrected chi connectivity index (χ1v) is 7.94. The number of anilines is 1. The molecule has 0 aliphatic rings. The Morgan fingerprint density at radius 1 is 1.52 bits per heavy atom. The quantitative estimate of drug-likeness (QED) is 0.888. The molecule has 21 heavy (non-hydrogen) atoms. The van der Waals surface area contributed by atoms with E-state index in [1.165, 1.54) is 0 Å². The zero-order valence-electron chi connectivity index (χ0n) is 12.4. The molecule has 1 N–H and O–H groups in total. The minimum absolute atomic E-state index is 0.0393. The summed E-state index contributed by atoms with van der Waals surface area (Å²) in [6.07, 6.45) is 0. The lowest BCUT2D eigenvalue weighted by Gasteiger charge is -2.18. The van der Waals surface area contributed by atoms with Gasteiger partial charge in [0.25, 0.3) is 0 Å². The molecule has 2 heterocycles. The number of nitrogens with zero attached hydrogens (tertiary/aromatic N) is 3. The molecule has 0 saturated heterocycles. The van der Waals surface area contributed by atoms with Gasteiger partial charge in [0.05, 0.1) is 16.6 Å². The van der Waals surface area contributed by atoms with Crippen LogP contribution in [0, 0.1) is 6.92 Å². The van der Waals surface area contributed by atoms with Gasteiger partial charge in [0.2, 0.25) is 5.91 Å². The fourth-order valence-corrected chi connectivity index (χ4v) is 3.18. The first-order chi connectivity index (χ1) is 9.97. The molecule has 2 aromatic rings. The van der Waals surface area contributed by atoms with Gasteiger partial charge in [-0.2, -0.15) is 5.10 Å². The molecule has 2 aromatic heterocycles. The summed E-state index contributed by atoms with van der Waals surface area (Å²) < 4.78 is 2.44. The third-order valence-corrected chi connectivity index (χ3v) is 4.31. The van der Waals surface area contributed by atoms with E-state index in [-0.39, 0.29) is 5.91 Å². The normalized spacial score (nSPS) is 11.1. The summed E-state index contributed by atoms with van der Waals surface area (Å²) in [5.41, 5.74) is 0.883. The van der Waals surface area contributed by atoms with Crippen LogP contribution in [0.25, 0.3) is 0 Å². The number of thiophene rings is 1. The van der Waals surface area contributed by atoms with Gasteiger partial charge in [0.15, 0.2) is 0 Å². The van der Waals surface area contributed by atoms with Crippen LogP contribution in [0.4, 0.5) is 5.82 Å². The second kappa shape index (κ2) is 7.06.